The predicted octanol–water partition coefficient (Wildman–Crippen LogP) is 1.64. The summed E-state index contributed by atoms with van der Waals surface area (Å²) in [6.45, 7) is -0.626. The van der Waals surface area contributed by atoms with Crippen LogP contribution in [0.4, 0.5) is 5.69 Å². The Morgan fingerprint density at radius 2 is 2.33 bits per heavy atom. The van der Waals surface area contributed by atoms with Crippen LogP contribution in [0.5, 0.6) is 0 Å². The summed E-state index contributed by atoms with van der Waals surface area (Å²) in [7, 11) is 0. The fourth-order valence-electron chi connectivity index (χ4n) is 1.01. The average molecular weight is 273 g/mol. The number of hydrogen-bond donors (Lipinski definition) is 2. The van der Waals surface area contributed by atoms with Crippen LogP contribution < -0.4 is 5.73 Å². The lowest BCUT2D eigenvalue weighted by molar-refractivity contribution is -0.428. The summed E-state index contributed by atoms with van der Waals surface area (Å²) in [4.78, 5) is 9.82. The number of anilines is 1. The zero-order valence-corrected chi connectivity index (χ0v) is 9.27. The standard InChI is InChI=1S/C9H9BrN2O3/c10-7-1-2-9(11)6(3-7)4-8(5-13)12(14)15/h1-4,13H,5,11H2/b8-4+. The van der Waals surface area contributed by atoms with Gasteiger partial charge in [-0.05, 0) is 18.2 Å². The van der Waals surface area contributed by atoms with Crippen molar-refractivity contribution in [2.24, 2.45) is 0 Å². The van der Waals surface area contributed by atoms with E-state index in [1.165, 1.54) is 6.08 Å². The maximum atomic E-state index is 10.5. The van der Waals surface area contributed by atoms with Gasteiger partial charge in [-0.1, -0.05) is 15.9 Å². The molecule has 6 heteroatoms. The Kier molecular flexibility index (Phi) is 3.81. The van der Waals surface area contributed by atoms with Gasteiger partial charge < -0.3 is 10.8 Å². The molecule has 0 bridgehead atoms. The molecule has 0 fully saturated rings. The van der Waals surface area contributed by atoms with E-state index in [9.17, 15) is 10.1 Å². The third kappa shape index (κ3) is 3.03. The predicted molar refractivity (Wildman–Crippen MR) is 60.6 cm³/mol. The first-order valence-corrected chi connectivity index (χ1v) is 4.84. The van der Waals surface area contributed by atoms with Crippen molar-refractivity contribution >= 4 is 27.7 Å². The van der Waals surface area contributed by atoms with Crippen LogP contribution in [0.15, 0.2) is 28.4 Å². The maximum absolute atomic E-state index is 10.5. The molecule has 0 atom stereocenters. The zero-order valence-electron chi connectivity index (χ0n) is 7.68. The molecule has 80 valence electrons. The zero-order chi connectivity index (χ0) is 11.4. The van der Waals surface area contributed by atoms with E-state index in [1.807, 2.05) is 0 Å². The van der Waals surface area contributed by atoms with E-state index in [0.717, 1.165) is 4.47 Å². The highest BCUT2D eigenvalue weighted by atomic mass is 79.9. The van der Waals surface area contributed by atoms with Crippen LogP contribution in [0, 0.1) is 10.1 Å². The first-order chi connectivity index (χ1) is 7.04. The number of nitrogens with zero attached hydrogens (tertiary/aromatic N) is 1. The Bertz CT molecular complexity index is 418. The fourth-order valence-corrected chi connectivity index (χ4v) is 1.38. The molecular weight excluding hydrogens is 264 g/mol. The van der Waals surface area contributed by atoms with Gasteiger partial charge in [0.15, 0.2) is 0 Å². The molecule has 1 rings (SSSR count). The Morgan fingerprint density at radius 1 is 1.67 bits per heavy atom. The molecule has 0 aliphatic heterocycles. The number of nitro groups is 1. The molecule has 0 unspecified atom stereocenters. The minimum atomic E-state index is -0.639. The molecule has 0 aliphatic carbocycles. The molecule has 0 radical (unpaired) electrons. The second kappa shape index (κ2) is 4.90. The molecule has 1 aromatic carbocycles. The third-order valence-corrected chi connectivity index (χ3v) is 2.26. The summed E-state index contributed by atoms with van der Waals surface area (Å²) in [5, 5.41) is 19.2. The SMILES string of the molecule is Nc1ccc(Br)cc1/C=C(\CO)[N+](=O)[O-]. The van der Waals surface area contributed by atoms with Gasteiger partial charge in [0.2, 0.25) is 0 Å². The van der Waals surface area contributed by atoms with E-state index in [0.29, 0.717) is 11.3 Å². The van der Waals surface area contributed by atoms with Gasteiger partial charge in [0.05, 0.1) is 4.92 Å². The Balaban J connectivity index is 3.16. The van der Waals surface area contributed by atoms with Crippen LogP contribution in [-0.2, 0) is 0 Å². The van der Waals surface area contributed by atoms with Gasteiger partial charge in [-0.2, -0.15) is 0 Å². The Morgan fingerprint density at radius 3 is 2.87 bits per heavy atom. The van der Waals surface area contributed by atoms with Crippen LogP contribution in [0.3, 0.4) is 0 Å². The van der Waals surface area contributed by atoms with Crippen molar-refractivity contribution in [3.05, 3.63) is 44.0 Å². The highest BCUT2D eigenvalue weighted by Gasteiger charge is 2.09. The first kappa shape index (κ1) is 11.7. The third-order valence-electron chi connectivity index (χ3n) is 1.77. The molecule has 0 saturated carbocycles. The summed E-state index contributed by atoms with van der Waals surface area (Å²) in [5.41, 5.74) is 6.26. The normalized spacial score (nSPS) is 11.5. The van der Waals surface area contributed by atoms with E-state index in [4.69, 9.17) is 10.8 Å². The summed E-state index contributed by atoms with van der Waals surface area (Å²) in [5.74, 6) is 0. The molecule has 0 amide bonds. The van der Waals surface area contributed by atoms with Crippen molar-refractivity contribution in [1.29, 1.82) is 0 Å². The number of nitrogen functional groups attached to an aromatic ring is 1. The largest absolute Gasteiger partial charge is 0.398 e. The van der Waals surface area contributed by atoms with E-state index in [-0.39, 0.29) is 5.70 Å². The highest BCUT2D eigenvalue weighted by molar-refractivity contribution is 9.10. The topological polar surface area (TPSA) is 89.4 Å². The van der Waals surface area contributed by atoms with Crippen molar-refractivity contribution in [3.8, 4) is 0 Å². The maximum Gasteiger partial charge on any atom is 0.272 e. The van der Waals surface area contributed by atoms with Crippen molar-refractivity contribution in [1.82, 2.24) is 0 Å². The number of benzene rings is 1. The minimum absolute atomic E-state index is 0.292. The Hall–Kier alpha value is -1.40. The molecule has 5 nitrogen and oxygen atoms in total. The summed E-state index contributed by atoms with van der Waals surface area (Å²) in [6.07, 6.45) is 1.25. The van der Waals surface area contributed by atoms with Crippen molar-refractivity contribution in [3.63, 3.8) is 0 Å². The van der Waals surface area contributed by atoms with E-state index in [2.05, 4.69) is 15.9 Å². The number of aliphatic hydroxyl groups is 1. The molecular formula is C9H9BrN2O3. The summed E-state index contributed by atoms with van der Waals surface area (Å²) >= 11 is 3.23. The first-order valence-electron chi connectivity index (χ1n) is 4.05. The molecule has 1 aromatic rings. The van der Waals surface area contributed by atoms with Gasteiger partial charge >= 0.3 is 0 Å². The molecule has 0 aromatic heterocycles. The van der Waals surface area contributed by atoms with Crippen LogP contribution in [-0.4, -0.2) is 16.6 Å². The average Bonchev–Trinajstić information content (AvgIpc) is 2.18. The molecule has 15 heavy (non-hydrogen) atoms. The molecule has 3 N–H and O–H groups in total. The van der Waals surface area contributed by atoms with Gasteiger partial charge in [0.1, 0.15) is 6.61 Å². The van der Waals surface area contributed by atoms with E-state index in [1.54, 1.807) is 18.2 Å². The van der Waals surface area contributed by atoms with Crippen LogP contribution >= 0.6 is 15.9 Å². The number of nitrogens with two attached hydrogens (primary N) is 1. The molecule has 0 heterocycles. The van der Waals surface area contributed by atoms with Gasteiger partial charge in [-0.3, -0.25) is 10.1 Å². The second-order valence-corrected chi connectivity index (χ2v) is 3.74. The minimum Gasteiger partial charge on any atom is -0.398 e. The number of hydrogen-bond acceptors (Lipinski definition) is 4. The monoisotopic (exact) mass is 272 g/mol. The lowest BCUT2D eigenvalue weighted by atomic mass is 10.1. The second-order valence-electron chi connectivity index (χ2n) is 2.82. The fraction of sp³-hybridized carbons (Fsp3) is 0.111. The Labute approximate surface area is 94.5 Å². The van der Waals surface area contributed by atoms with E-state index >= 15 is 0 Å². The smallest absolute Gasteiger partial charge is 0.272 e. The van der Waals surface area contributed by atoms with Gasteiger partial charge in [-0.15, -0.1) is 0 Å². The van der Waals surface area contributed by atoms with Crippen LogP contribution in [0.2, 0.25) is 0 Å². The van der Waals surface area contributed by atoms with Crippen LogP contribution in [0.1, 0.15) is 5.56 Å². The van der Waals surface area contributed by atoms with Gasteiger partial charge in [0, 0.05) is 21.8 Å². The van der Waals surface area contributed by atoms with Crippen molar-refractivity contribution < 1.29 is 10.0 Å². The van der Waals surface area contributed by atoms with Crippen LogP contribution in [0.25, 0.3) is 6.08 Å². The number of aliphatic hydroxyl groups excluding tert-OH is 1. The summed E-state index contributed by atoms with van der Waals surface area (Å²) < 4.78 is 0.767. The van der Waals surface area contributed by atoms with E-state index < -0.39 is 11.5 Å². The molecule has 0 saturated heterocycles. The van der Waals surface area contributed by atoms with Gasteiger partial charge in [0.25, 0.3) is 5.70 Å². The summed E-state index contributed by atoms with van der Waals surface area (Å²) in [6, 6.07) is 5.01. The lowest BCUT2D eigenvalue weighted by Gasteiger charge is -2.01. The number of rotatable bonds is 3. The molecule has 0 aliphatic rings. The van der Waals surface area contributed by atoms with Crippen molar-refractivity contribution in [2.75, 3.05) is 12.3 Å². The quantitative estimate of drug-likeness (QED) is 0.497. The highest BCUT2D eigenvalue weighted by Crippen LogP contribution is 2.20. The van der Waals surface area contributed by atoms with Gasteiger partial charge in [-0.25, -0.2) is 0 Å². The van der Waals surface area contributed by atoms with Crippen molar-refractivity contribution in [2.45, 2.75) is 0 Å². The molecule has 0 spiro atoms. The lowest BCUT2D eigenvalue weighted by Crippen LogP contribution is -2.03. The number of halogens is 1.